The molecule has 0 saturated carbocycles. The minimum absolute atomic E-state index is 0.638. The fourth-order valence-electron chi connectivity index (χ4n) is 3.31. The number of hydrogen-bond donors (Lipinski definition) is 0. The Hall–Kier alpha value is -2.31. The van der Waals surface area contributed by atoms with Gasteiger partial charge in [0.1, 0.15) is 0 Å². The van der Waals surface area contributed by atoms with Gasteiger partial charge in [-0.3, -0.25) is 14.8 Å². The molecule has 0 N–H and O–H groups in total. The maximum atomic E-state index is 5.45. The number of rotatable bonds is 7. The number of pyridine rings is 1. The Morgan fingerprint density at radius 2 is 1.46 bits per heavy atom. The van der Waals surface area contributed by atoms with Crippen molar-refractivity contribution in [2.45, 2.75) is 13.1 Å². The molecule has 2 heterocycles. The zero-order valence-corrected chi connectivity index (χ0v) is 15.8. The van der Waals surface area contributed by atoms with Gasteiger partial charge >= 0.3 is 0 Å². The average Bonchev–Trinajstić information content (AvgIpc) is 2.69. The third kappa shape index (κ3) is 4.45. The van der Waals surface area contributed by atoms with Crippen molar-refractivity contribution in [3.05, 3.63) is 47.8 Å². The van der Waals surface area contributed by atoms with Gasteiger partial charge in [-0.25, -0.2) is 0 Å². The van der Waals surface area contributed by atoms with Gasteiger partial charge in [0, 0.05) is 45.5 Å². The largest absolute Gasteiger partial charge is 0.493 e. The molecular weight excluding hydrogens is 330 g/mol. The van der Waals surface area contributed by atoms with Crippen molar-refractivity contribution < 1.29 is 14.2 Å². The molecule has 6 heteroatoms. The molecule has 1 saturated heterocycles. The summed E-state index contributed by atoms with van der Waals surface area (Å²) in [5, 5.41) is 0. The van der Waals surface area contributed by atoms with Crippen LogP contribution in [-0.2, 0) is 13.1 Å². The van der Waals surface area contributed by atoms with Crippen molar-refractivity contribution in [3.8, 4) is 17.2 Å². The summed E-state index contributed by atoms with van der Waals surface area (Å²) in [6.07, 6.45) is 1.86. The third-order valence-electron chi connectivity index (χ3n) is 4.71. The molecular formula is C20H27N3O3. The first-order chi connectivity index (χ1) is 12.7. The van der Waals surface area contributed by atoms with Crippen LogP contribution in [0.4, 0.5) is 0 Å². The first-order valence-electron chi connectivity index (χ1n) is 8.87. The molecule has 1 aromatic heterocycles. The summed E-state index contributed by atoms with van der Waals surface area (Å²) in [5.41, 5.74) is 2.29. The molecule has 0 spiro atoms. The minimum Gasteiger partial charge on any atom is -0.493 e. The van der Waals surface area contributed by atoms with Crippen LogP contribution in [0, 0.1) is 0 Å². The van der Waals surface area contributed by atoms with E-state index in [-0.39, 0.29) is 0 Å². The van der Waals surface area contributed by atoms with Gasteiger partial charge in [-0.1, -0.05) is 6.07 Å². The molecule has 0 unspecified atom stereocenters. The lowest BCUT2D eigenvalue weighted by atomic mass is 10.1. The molecule has 1 aliphatic rings. The van der Waals surface area contributed by atoms with E-state index in [1.807, 2.05) is 30.5 Å². The van der Waals surface area contributed by atoms with Crippen LogP contribution < -0.4 is 14.2 Å². The van der Waals surface area contributed by atoms with Crippen LogP contribution in [0.3, 0.4) is 0 Å². The number of ether oxygens (including phenoxy) is 3. The van der Waals surface area contributed by atoms with E-state index in [9.17, 15) is 0 Å². The summed E-state index contributed by atoms with van der Waals surface area (Å²) in [6, 6.07) is 10.1. The van der Waals surface area contributed by atoms with Gasteiger partial charge in [-0.2, -0.15) is 0 Å². The average molecular weight is 357 g/mol. The number of benzene rings is 1. The summed E-state index contributed by atoms with van der Waals surface area (Å²) in [6.45, 7) is 5.93. The minimum atomic E-state index is 0.638. The third-order valence-corrected chi connectivity index (χ3v) is 4.71. The fraction of sp³-hybridized carbons (Fsp3) is 0.450. The highest BCUT2D eigenvalue weighted by atomic mass is 16.5. The molecule has 140 valence electrons. The van der Waals surface area contributed by atoms with Crippen LogP contribution in [0.2, 0.25) is 0 Å². The monoisotopic (exact) mass is 357 g/mol. The quantitative estimate of drug-likeness (QED) is 0.758. The first-order valence-corrected chi connectivity index (χ1v) is 8.87. The maximum absolute atomic E-state index is 5.45. The molecule has 2 aromatic rings. The van der Waals surface area contributed by atoms with Gasteiger partial charge in [-0.15, -0.1) is 0 Å². The molecule has 1 fully saturated rings. The Labute approximate surface area is 155 Å². The Kier molecular flexibility index (Phi) is 6.30. The molecule has 1 aliphatic heterocycles. The predicted octanol–water partition coefficient (Wildman–Crippen LogP) is 2.43. The Balaban J connectivity index is 1.59. The molecule has 0 amide bonds. The highest BCUT2D eigenvalue weighted by molar-refractivity contribution is 5.53. The van der Waals surface area contributed by atoms with Crippen LogP contribution in [0.15, 0.2) is 36.5 Å². The fourth-order valence-corrected chi connectivity index (χ4v) is 3.31. The lowest BCUT2D eigenvalue weighted by molar-refractivity contribution is 0.121. The zero-order chi connectivity index (χ0) is 18.4. The molecule has 0 bridgehead atoms. The van der Waals surface area contributed by atoms with Crippen molar-refractivity contribution in [1.29, 1.82) is 0 Å². The van der Waals surface area contributed by atoms with Crippen LogP contribution >= 0.6 is 0 Å². The maximum Gasteiger partial charge on any atom is 0.203 e. The molecule has 1 aromatic carbocycles. The highest BCUT2D eigenvalue weighted by Crippen LogP contribution is 2.38. The lowest BCUT2D eigenvalue weighted by Gasteiger charge is -2.34. The summed E-state index contributed by atoms with van der Waals surface area (Å²) >= 11 is 0. The second-order valence-electron chi connectivity index (χ2n) is 6.41. The SMILES string of the molecule is COc1cc(CN2CCN(Cc3ccccn3)CC2)cc(OC)c1OC. The molecule has 0 atom stereocenters. The van der Waals surface area contributed by atoms with E-state index in [0.29, 0.717) is 17.2 Å². The molecule has 0 radical (unpaired) electrons. The standard InChI is InChI=1S/C20H27N3O3/c1-24-18-12-16(13-19(25-2)20(18)26-3)14-22-8-10-23(11-9-22)15-17-6-4-5-7-21-17/h4-7,12-13H,8-11,14-15H2,1-3H3. The number of nitrogens with zero attached hydrogens (tertiary/aromatic N) is 3. The van der Waals surface area contributed by atoms with E-state index in [1.165, 1.54) is 0 Å². The van der Waals surface area contributed by atoms with E-state index < -0.39 is 0 Å². The number of piperazine rings is 1. The highest BCUT2D eigenvalue weighted by Gasteiger charge is 2.19. The smallest absolute Gasteiger partial charge is 0.203 e. The normalized spacial score (nSPS) is 15.7. The van der Waals surface area contributed by atoms with Gasteiger partial charge < -0.3 is 14.2 Å². The summed E-state index contributed by atoms with van der Waals surface area (Å²) < 4.78 is 16.3. The summed E-state index contributed by atoms with van der Waals surface area (Å²) in [5.74, 6) is 2.05. The Morgan fingerprint density at radius 1 is 0.846 bits per heavy atom. The van der Waals surface area contributed by atoms with Crippen LogP contribution in [-0.4, -0.2) is 62.3 Å². The summed E-state index contributed by atoms with van der Waals surface area (Å²) in [7, 11) is 4.93. The van der Waals surface area contributed by atoms with Crippen molar-refractivity contribution in [1.82, 2.24) is 14.8 Å². The molecule has 3 rings (SSSR count). The Bertz CT molecular complexity index is 676. The van der Waals surface area contributed by atoms with Crippen molar-refractivity contribution in [2.75, 3.05) is 47.5 Å². The van der Waals surface area contributed by atoms with Crippen molar-refractivity contribution >= 4 is 0 Å². The van der Waals surface area contributed by atoms with E-state index in [1.54, 1.807) is 21.3 Å². The number of aromatic nitrogens is 1. The molecule has 26 heavy (non-hydrogen) atoms. The second-order valence-corrected chi connectivity index (χ2v) is 6.41. The van der Waals surface area contributed by atoms with Gasteiger partial charge in [0.15, 0.2) is 11.5 Å². The number of methoxy groups -OCH3 is 3. The van der Waals surface area contributed by atoms with Crippen molar-refractivity contribution in [3.63, 3.8) is 0 Å². The number of hydrogen-bond acceptors (Lipinski definition) is 6. The van der Waals surface area contributed by atoms with Crippen molar-refractivity contribution in [2.24, 2.45) is 0 Å². The van der Waals surface area contributed by atoms with Gasteiger partial charge in [0.25, 0.3) is 0 Å². The predicted molar refractivity (Wildman–Crippen MR) is 101 cm³/mol. The van der Waals surface area contributed by atoms with Crippen LogP contribution in [0.5, 0.6) is 17.2 Å². The Morgan fingerprint density at radius 3 is 1.96 bits per heavy atom. The zero-order valence-electron chi connectivity index (χ0n) is 15.8. The molecule has 6 nitrogen and oxygen atoms in total. The van der Waals surface area contributed by atoms with Crippen LogP contribution in [0.1, 0.15) is 11.3 Å². The van der Waals surface area contributed by atoms with E-state index in [2.05, 4.69) is 20.9 Å². The van der Waals surface area contributed by atoms with E-state index >= 15 is 0 Å². The van der Waals surface area contributed by atoms with E-state index in [0.717, 1.165) is 50.5 Å². The van der Waals surface area contributed by atoms with E-state index in [4.69, 9.17) is 14.2 Å². The second kappa shape index (κ2) is 8.87. The molecule has 0 aliphatic carbocycles. The lowest BCUT2D eigenvalue weighted by Crippen LogP contribution is -2.45. The van der Waals surface area contributed by atoms with Crippen LogP contribution in [0.25, 0.3) is 0 Å². The van der Waals surface area contributed by atoms with Gasteiger partial charge in [0.2, 0.25) is 5.75 Å². The van der Waals surface area contributed by atoms with Gasteiger partial charge in [-0.05, 0) is 29.8 Å². The summed E-state index contributed by atoms with van der Waals surface area (Å²) in [4.78, 5) is 9.33. The topological polar surface area (TPSA) is 47.1 Å². The first kappa shape index (κ1) is 18.5. The van der Waals surface area contributed by atoms with Gasteiger partial charge in [0.05, 0.1) is 27.0 Å².